The number of alkyl halides is 3. The highest BCUT2D eigenvalue weighted by molar-refractivity contribution is 6.30. The van der Waals surface area contributed by atoms with Crippen LogP contribution < -0.4 is 4.90 Å². The maximum atomic E-state index is 13.6. The summed E-state index contributed by atoms with van der Waals surface area (Å²) >= 11 is 6.03. The Hall–Kier alpha value is -2.36. The predicted molar refractivity (Wildman–Crippen MR) is 126 cm³/mol. The molecule has 1 N–H and O–H groups in total. The van der Waals surface area contributed by atoms with E-state index in [1.54, 1.807) is 12.1 Å². The van der Waals surface area contributed by atoms with Crippen LogP contribution in [0.4, 0.5) is 23.2 Å². The van der Waals surface area contributed by atoms with Crippen LogP contribution in [0.25, 0.3) is 0 Å². The topological polar surface area (TPSA) is 53.0 Å². The molecule has 2 fully saturated rings. The fourth-order valence-electron chi connectivity index (χ4n) is 4.51. The van der Waals surface area contributed by atoms with Gasteiger partial charge in [0.05, 0.1) is 12.7 Å². The van der Waals surface area contributed by atoms with Crippen molar-refractivity contribution in [3.05, 3.63) is 64.9 Å². The average Bonchev–Trinajstić information content (AvgIpc) is 2.81. The molecular weight excluding hydrogens is 488 g/mol. The Bertz CT molecular complexity index is 966. The molecule has 0 unspecified atom stereocenters. The minimum Gasteiger partial charge on any atom is -0.475 e. The molecule has 0 amide bonds. The van der Waals surface area contributed by atoms with Crippen molar-refractivity contribution in [3.63, 3.8) is 0 Å². The quantitative estimate of drug-likeness (QED) is 0.550. The zero-order chi connectivity index (χ0) is 25.6. The zero-order valence-electron chi connectivity index (χ0n) is 19.3. The lowest BCUT2D eigenvalue weighted by molar-refractivity contribution is -0.192. The van der Waals surface area contributed by atoms with E-state index in [9.17, 15) is 17.6 Å². The standard InChI is InChI=1S/C23H28ClFN2O.C2HF3O2/c1-17-15-27(23(16-28-17)13-18-5-7-19(24)8-6-18)21-9-11-26(12-10-21)22-4-2-3-20(25)14-22;3-2(4,5)1(6)7/h2-8,14,17,21,23H,9-13,15-16H2,1H3;(H,6,7)/t17-,23-;/m0./s1. The lowest BCUT2D eigenvalue weighted by atomic mass is 9.96. The van der Waals surface area contributed by atoms with E-state index < -0.39 is 12.1 Å². The van der Waals surface area contributed by atoms with Crippen molar-refractivity contribution >= 4 is 23.3 Å². The monoisotopic (exact) mass is 516 g/mol. The fourth-order valence-corrected chi connectivity index (χ4v) is 4.64. The number of carbonyl (C=O) groups is 1. The Morgan fingerprint density at radius 1 is 1.14 bits per heavy atom. The number of ether oxygens (including phenoxy) is 1. The van der Waals surface area contributed by atoms with Gasteiger partial charge in [0.15, 0.2) is 0 Å². The molecule has 2 aromatic carbocycles. The van der Waals surface area contributed by atoms with Gasteiger partial charge in [-0.15, -0.1) is 0 Å². The number of morpholine rings is 1. The summed E-state index contributed by atoms with van der Waals surface area (Å²) in [5.41, 5.74) is 2.29. The molecule has 0 bridgehead atoms. The lowest BCUT2D eigenvalue weighted by Gasteiger charge is -2.46. The fraction of sp³-hybridized carbons (Fsp3) is 0.480. The molecule has 2 aliphatic heterocycles. The Balaban J connectivity index is 0.000000429. The number of nitrogens with zero attached hydrogens (tertiary/aromatic N) is 2. The van der Waals surface area contributed by atoms with E-state index in [0.29, 0.717) is 12.1 Å². The van der Waals surface area contributed by atoms with Gasteiger partial charge < -0.3 is 14.7 Å². The molecule has 0 radical (unpaired) electrons. The second-order valence-corrected chi connectivity index (χ2v) is 9.26. The largest absolute Gasteiger partial charge is 0.490 e. The van der Waals surface area contributed by atoms with E-state index in [0.717, 1.165) is 56.2 Å². The summed E-state index contributed by atoms with van der Waals surface area (Å²) in [6.07, 6.45) is -1.64. The summed E-state index contributed by atoms with van der Waals surface area (Å²) in [4.78, 5) is 13.9. The molecule has 5 nitrogen and oxygen atoms in total. The number of benzene rings is 2. The van der Waals surface area contributed by atoms with Crippen LogP contribution in [-0.2, 0) is 16.0 Å². The maximum absolute atomic E-state index is 13.6. The van der Waals surface area contributed by atoms with Crippen LogP contribution in [0.3, 0.4) is 0 Å². The lowest BCUT2D eigenvalue weighted by Crippen LogP contribution is -2.56. The molecule has 2 saturated heterocycles. The van der Waals surface area contributed by atoms with Gasteiger partial charge in [-0.2, -0.15) is 13.2 Å². The smallest absolute Gasteiger partial charge is 0.475 e. The minimum atomic E-state index is -5.08. The van der Waals surface area contributed by atoms with E-state index >= 15 is 0 Å². The molecule has 2 atom stereocenters. The summed E-state index contributed by atoms with van der Waals surface area (Å²) in [5.74, 6) is -2.92. The molecule has 35 heavy (non-hydrogen) atoms. The summed E-state index contributed by atoms with van der Waals surface area (Å²) < 4.78 is 51.3. The van der Waals surface area contributed by atoms with Crippen molar-refractivity contribution < 1.29 is 32.2 Å². The van der Waals surface area contributed by atoms with Crippen molar-refractivity contribution in [1.29, 1.82) is 0 Å². The van der Waals surface area contributed by atoms with Crippen LogP contribution in [0, 0.1) is 5.82 Å². The summed E-state index contributed by atoms with van der Waals surface area (Å²) in [6.45, 7) is 5.84. The second-order valence-electron chi connectivity index (χ2n) is 8.83. The van der Waals surface area contributed by atoms with E-state index in [2.05, 4.69) is 28.9 Å². The molecular formula is C25H29ClF4N2O3. The van der Waals surface area contributed by atoms with Crippen molar-refractivity contribution in [2.75, 3.05) is 31.1 Å². The van der Waals surface area contributed by atoms with E-state index in [-0.39, 0.29) is 11.9 Å². The first kappa shape index (κ1) is 27.2. The van der Waals surface area contributed by atoms with Gasteiger partial charge in [0, 0.05) is 42.4 Å². The van der Waals surface area contributed by atoms with Crippen molar-refractivity contribution in [2.45, 2.75) is 50.6 Å². The van der Waals surface area contributed by atoms with Crippen LogP contribution in [-0.4, -0.2) is 66.6 Å². The van der Waals surface area contributed by atoms with Gasteiger partial charge in [-0.3, -0.25) is 4.90 Å². The number of hydrogen-bond donors (Lipinski definition) is 1. The van der Waals surface area contributed by atoms with Gasteiger partial charge in [0.1, 0.15) is 5.82 Å². The number of aliphatic carboxylic acids is 1. The number of carboxylic acid groups (broad SMARTS) is 1. The van der Waals surface area contributed by atoms with Gasteiger partial charge in [0.2, 0.25) is 0 Å². The van der Waals surface area contributed by atoms with Gasteiger partial charge in [-0.25, -0.2) is 9.18 Å². The van der Waals surface area contributed by atoms with E-state index in [1.807, 2.05) is 18.2 Å². The maximum Gasteiger partial charge on any atom is 0.490 e. The predicted octanol–water partition coefficient (Wildman–Crippen LogP) is 5.41. The highest BCUT2D eigenvalue weighted by Crippen LogP contribution is 2.28. The third-order valence-electron chi connectivity index (χ3n) is 6.24. The summed E-state index contributed by atoms with van der Waals surface area (Å²) in [7, 11) is 0. The number of halogens is 5. The molecule has 2 aliphatic rings. The number of anilines is 1. The SMILES string of the molecule is C[C@H]1CN(C2CCN(c3cccc(F)c3)CC2)[C@@H](Cc2ccc(Cl)cc2)CO1.O=C(O)C(F)(F)F. The van der Waals surface area contributed by atoms with E-state index in [1.165, 1.54) is 11.6 Å². The molecule has 0 aromatic heterocycles. The van der Waals surface area contributed by atoms with Gasteiger partial charge in [0.25, 0.3) is 0 Å². The first-order valence-corrected chi connectivity index (χ1v) is 11.8. The third kappa shape index (κ3) is 8.08. The minimum absolute atomic E-state index is 0.162. The molecule has 0 spiro atoms. The Morgan fingerprint density at radius 3 is 2.34 bits per heavy atom. The second kappa shape index (κ2) is 12.1. The average molecular weight is 517 g/mol. The first-order valence-electron chi connectivity index (χ1n) is 11.5. The summed E-state index contributed by atoms with van der Waals surface area (Å²) in [6, 6.07) is 16.0. The molecule has 0 saturated carbocycles. The molecule has 0 aliphatic carbocycles. The Morgan fingerprint density at radius 2 is 1.77 bits per heavy atom. The Kier molecular flexibility index (Phi) is 9.38. The van der Waals surface area contributed by atoms with Gasteiger partial charge in [-0.1, -0.05) is 29.8 Å². The van der Waals surface area contributed by atoms with Crippen LogP contribution in [0.5, 0.6) is 0 Å². The van der Waals surface area contributed by atoms with Crippen molar-refractivity contribution in [1.82, 2.24) is 4.90 Å². The number of hydrogen-bond acceptors (Lipinski definition) is 4. The summed E-state index contributed by atoms with van der Waals surface area (Å²) in [5, 5.41) is 7.90. The number of carboxylic acids is 1. The first-order chi connectivity index (χ1) is 16.5. The third-order valence-corrected chi connectivity index (χ3v) is 6.50. The van der Waals surface area contributed by atoms with Crippen LogP contribution >= 0.6 is 11.6 Å². The highest BCUT2D eigenvalue weighted by atomic mass is 35.5. The van der Waals surface area contributed by atoms with Crippen LogP contribution in [0.2, 0.25) is 5.02 Å². The molecule has 2 heterocycles. The molecule has 192 valence electrons. The molecule has 4 rings (SSSR count). The zero-order valence-corrected chi connectivity index (χ0v) is 20.1. The number of rotatable bonds is 4. The van der Waals surface area contributed by atoms with Crippen LogP contribution in [0.15, 0.2) is 48.5 Å². The highest BCUT2D eigenvalue weighted by Gasteiger charge is 2.38. The number of piperidine rings is 1. The van der Waals surface area contributed by atoms with Gasteiger partial charge in [-0.05, 0) is 62.1 Å². The van der Waals surface area contributed by atoms with Gasteiger partial charge >= 0.3 is 12.1 Å². The van der Waals surface area contributed by atoms with E-state index in [4.69, 9.17) is 26.2 Å². The van der Waals surface area contributed by atoms with Crippen LogP contribution in [0.1, 0.15) is 25.3 Å². The van der Waals surface area contributed by atoms with Crippen molar-refractivity contribution in [3.8, 4) is 0 Å². The Labute approximate surface area is 207 Å². The normalized spacial score (nSPS) is 21.8. The molecule has 2 aromatic rings. The van der Waals surface area contributed by atoms with Crippen molar-refractivity contribution in [2.24, 2.45) is 0 Å². The molecule has 10 heteroatoms.